The Morgan fingerprint density at radius 3 is 2.19 bits per heavy atom. The van der Waals surface area contributed by atoms with Crippen LogP contribution in [0.25, 0.3) is 0 Å². The topological polar surface area (TPSA) is 33.0 Å². The molecule has 0 saturated carbocycles. The van der Waals surface area contributed by atoms with Crippen molar-refractivity contribution >= 4 is 0 Å². The molecular formula is C19H21NO. The first-order valence-electron chi connectivity index (χ1n) is 7.27. The second kappa shape index (κ2) is 6.95. The number of nitrogens with zero attached hydrogens (tertiary/aromatic N) is 1. The summed E-state index contributed by atoms with van der Waals surface area (Å²) in [5, 5.41) is 9.40. The van der Waals surface area contributed by atoms with E-state index in [1.807, 2.05) is 63.2 Å². The van der Waals surface area contributed by atoms with Crippen molar-refractivity contribution < 1.29 is 4.74 Å². The fourth-order valence-electron chi connectivity index (χ4n) is 2.57. The first kappa shape index (κ1) is 15.1. The lowest BCUT2D eigenvalue weighted by Crippen LogP contribution is -2.07. The number of rotatable bonds is 5. The number of para-hydroxylation sites is 1. The smallest absolute Gasteiger partial charge is 0.125 e. The predicted octanol–water partition coefficient (Wildman–Crippen LogP) is 4.69. The van der Waals surface area contributed by atoms with Crippen LogP contribution in [-0.4, -0.2) is 6.61 Å². The summed E-state index contributed by atoms with van der Waals surface area (Å²) in [4.78, 5) is 0. The lowest BCUT2D eigenvalue weighted by Gasteiger charge is -2.15. The first-order valence-corrected chi connectivity index (χ1v) is 7.27. The maximum atomic E-state index is 9.40. The third-order valence-corrected chi connectivity index (χ3v) is 3.78. The number of hydrogen-bond donors (Lipinski definition) is 0. The van der Waals surface area contributed by atoms with E-state index >= 15 is 0 Å². The Kier molecular flexibility index (Phi) is 5.00. The van der Waals surface area contributed by atoms with E-state index in [2.05, 4.69) is 6.07 Å². The Hall–Kier alpha value is -2.27. The van der Waals surface area contributed by atoms with Gasteiger partial charge >= 0.3 is 0 Å². The normalized spacial score (nSPS) is 11.7. The molecule has 1 atom stereocenters. The molecule has 2 aromatic carbocycles. The van der Waals surface area contributed by atoms with Gasteiger partial charge in [0.1, 0.15) is 5.75 Å². The lowest BCUT2D eigenvalue weighted by atomic mass is 9.94. The van der Waals surface area contributed by atoms with Crippen LogP contribution in [0.2, 0.25) is 0 Å². The quantitative estimate of drug-likeness (QED) is 0.795. The summed E-state index contributed by atoms with van der Waals surface area (Å²) in [6.07, 6.45) is 0.703. The summed E-state index contributed by atoms with van der Waals surface area (Å²) in [5.74, 6) is 0.828. The van der Waals surface area contributed by atoms with Gasteiger partial charge in [-0.25, -0.2) is 0 Å². The van der Waals surface area contributed by atoms with Gasteiger partial charge in [-0.2, -0.15) is 5.26 Å². The maximum Gasteiger partial charge on any atom is 0.125 e. The zero-order valence-electron chi connectivity index (χ0n) is 12.9. The minimum Gasteiger partial charge on any atom is -0.493 e. The Morgan fingerprint density at radius 1 is 0.952 bits per heavy atom. The molecular weight excluding hydrogens is 258 g/mol. The van der Waals surface area contributed by atoms with Crippen molar-refractivity contribution in [1.29, 1.82) is 5.26 Å². The van der Waals surface area contributed by atoms with Gasteiger partial charge in [0, 0.05) is 6.42 Å². The van der Waals surface area contributed by atoms with E-state index in [4.69, 9.17) is 4.74 Å². The average Bonchev–Trinajstić information content (AvgIpc) is 2.47. The fourth-order valence-corrected chi connectivity index (χ4v) is 2.57. The van der Waals surface area contributed by atoms with Crippen LogP contribution < -0.4 is 4.74 Å². The maximum absolute atomic E-state index is 9.40. The highest BCUT2D eigenvalue weighted by atomic mass is 16.5. The molecule has 0 amide bonds. The minimum atomic E-state index is -0.115. The summed E-state index contributed by atoms with van der Waals surface area (Å²) in [5.41, 5.74) is 4.54. The van der Waals surface area contributed by atoms with Gasteiger partial charge in [-0.15, -0.1) is 0 Å². The molecule has 0 aromatic heterocycles. The third kappa shape index (κ3) is 3.64. The van der Waals surface area contributed by atoms with Gasteiger partial charge in [0.2, 0.25) is 0 Å². The number of hydrogen-bond acceptors (Lipinski definition) is 2. The molecule has 0 aliphatic heterocycles. The van der Waals surface area contributed by atoms with Crippen LogP contribution in [0.3, 0.4) is 0 Å². The molecule has 1 unspecified atom stereocenters. The summed E-state index contributed by atoms with van der Waals surface area (Å²) in [6.45, 7) is 6.70. The fraction of sp³-hybridized carbons (Fsp3) is 0.316. The Labute approximate surface area is 127 Å². The van der Waals surface area contributed by atoms with Crippen LogP contribution in [0.15, 0.2) is 42.5 Å². The van der Waals surface area contributed by atoms with Crippen LogP contribution in [0.5, 0.6) is 5.75 Å². The van der Waals surface area contributed by atoms with Crippen LogP contribution >= 0.6 is 0 Å². The zero-order chi connectivity index (χ0) is 15.2. The van der Waals surface area contributed by atoms with E-state index in [0.717, 1.165) is 28.0 Å². The van der Waals surface area contributed by atoms with E-state index in [9.17, 15) is 5.26 Å². The molecule has 0 saturated heterocycles. The molecule has 0 aliphatic carbocycles. The molecule has 0 bridgehead atoms. The highest BCUT2D eigenvalue weighted by Crippen LogP contribution is 2.25. The molecule has 2 nitrogen and oxygen atoms in total. The SMILES string of the molecule is Cc1ccccc1C(C#N)CCOc1c(C)cccc1C. The first-order chi connectivity index (χ1) is 10.1. The number of aryl methyl sites for hydroxylation is 3. The van der Waals surface area contributed by atoms with Crippen molar-refractivity contribution in [3.05, 3.63) is 64.7 Å². The second-order valence-electron chi connectivity index (χ2n) is 5.40. The zero-order valence-corrected chi connectivity index (χ0v) is 12.9. The summed E-state index contributed by atoms with van der Waals surface area (Å²) in [7, 11) is 0. The number of ether oxygens (including phenoxy) is 1. The second-order valence-corrected chi connectivity index (χ2v) is 5.40. The molecule has 0 N–H and O–H groups in total. The van der Waals surface area contributed by atoms with Crippen molar-refractivity contribution in [1.82, 2.24) is 0 Å². The van der Waals surface area contributed by atoms with Gasteiger partial charge in [0.15, 0.2) is 0 Å². The summed E-state index contributed by atoms with van der Waals surface area (Å²) >= 11 is 0. The van der Waals surface area contributed by atoms with E-state index in [0.29, 0.717) is 13.0 Å². The largest absolute Gasteiger partial charge is 0.493 e. The van der Waals surface area contributed by atoms with E-state index < -0.39 is 0 Å². The van der Waals surface area contributed by atoms with Crippen molar-refractivity contribution in [3.63, 3.8) is 0 Å². The van der Waals surface area contributed by atoms with Gasteiger partial charge in [-0.3, -0.25) is 0 Å². The van der Waals surface area contributed by atoms with Crippen LogP contribution in [0.1, 0.15) is 34.6 Å². The van der Waals surface area contributed by atoms with Crippen molar-refractivity contribution in [2.45, 2.75) is 33.1 Å². The van der Waals surface area contributed by atoms with Gasteiger partial charge in [-0.05, 0) is 43.0 Å². The molecule has 0 radical (unpaired) electrons. The van der Waals surface area contributed by atoms with Crippen molar-refractivity contribution in [2.24, 2.45) is 0 Å². The van der Waals surface area contributed by atoms with Crippen molar-refractivity contribution in [2.75, 3.05) is 6.61 Å². The van der Waals surface area contributed by atoms with Gasteiger partial charge in [0.25, 0.3) is 0 Å². The standard InChI is InChI=1S/C19H21NO/c1-14-7-4-5-10-18(14)17(13-20)11-12-21-19-15(2)8-6-9-16(19)3/h4-10,17H,11-12H2,1-3H3. The number of benzene rings is 2. The molecule has 0 heterocycles. The van der Waals surface area contributed by atoms with E-state index in [1.165, 1.54) is 0 Å². The summed E-state index contributed by atoms with van der Waals surface area (Å²) < 4.78 is 5.91. The van der Waals surface area contributed by atoms with Gasteiger partial charge in [0.05, 0.1) is 18.6 Å². The van der Waals surface area contributed by atoms with E-state index in [1.54, 1.807) is 0 Å². The van der Waals surface area contributed by atoms with E-state index in [-0.39, 0.29) is 5.92 Å². The van der Waals surface area contributed by atoms with Gasteiger partial charge < -0.3 is 4.74 Å². The average molecular weight is 279 g/mol. The monoisotopic (exact) mass is 279 g/mol. The van der Waals surface area contributed by atoms with Crippen LogP contribution in [0.4, 0.5) is 0 Å². The Morgan fingerprint density at radius 2 is 1.57 bits per heavy atom. The number of nitriles is 1. The minimum absolute atomic E-state index is 0.115. The highest BCUT2D eigenvalue weighted by Gasteiger charge is 2.13. The highest BCUT2D eigenvalue weighted by molar-refractivity contribution is 5.39. The molecule has 0 spiro atoms. The van der Waals surface area contributed by atoms with Crippen molar-refractivity contribution in [3.8, 4) is 11.8 Å². The Bertz CT molecular complexity index is 635. The predicted molar refractivity (Wildman–Crippen MR) is 85.6 cm³/mol. The third-order valence-electron chi connectivity index (χ3n) is 3.78. The van der Waals surface area contributed by atoms with Gasteiger partial charge in [-0.1, -0.05) is 42.5 Å². The molecule has 0 aliphatic rings. The summed E-state index contributed by atoms with van der Waals surface area (Å²) in [6, 6.07) is 16.6. The molecule has 2 heteroatoms. The molecule has 21 heavy (non-hydrogen) atoms. The van der Waals surface area contributed by atoms with Crippen LogP contribution in [0, 0.1) is 32.1 Å². The molecule has 0 fully saturated rings. The van der Waals surface area contributed by atoms with Crippen LogP contribution in [-0.2, 0) is 0 Å². The molecule has 2 rings (SSSR count). The molecule has 108 valence electrons. The molecule has 2 aromatic rings. The lowest BCUT2D eigenvalue weighted by molar-refractivity contribution is 0.302. The Balaban J connectivity index is 2.02.